The second-order valence-corrected chi connectivity index (χ2v) is 3.30. The molecule has 1 aromatic rings. The zero-order valence-electron chi connectivity index (χ0n) is 7.40. The average Bonchev–Trinajstić information content (AvgIpc) is 2.01. The molecule has 1 fully saturated rings. The van der Waals surface area contributed by atoms with E-state index in [0.29, 0.717) is 5.75 Å². The molecule has 4 heteroatoms. The molecule has 2 rings (SSSR count). The molecule has 1 saturated heterocycles. The molecule has 13 heavy (non-hydrogen) atoms. The number of likely N-dealkylation sites (N-methyl/N-ethyl adjacent to an activating group) is 1. The Morgan fingerprint density at radius 2 is 2.31 bits per heavy atom. The van der Waals surface area contributed by atoms with Crippen LogP contribution >= 0.6 is 0 Å². The molecule has 2 heterocycles. The topological polar surface area (TPSA) is 25.4 Å². The standard InChI is InChI=1S/C9H11FN2O/c1-12-5-9(6-12)13-8-2-7(10)3-11-4-8/h2-4,9H,5-6H2,1H3. The van der Waals surface area contributed by atoms with Gasteiger partial charge in [0, 0.05) is 19.2 Å². The Morgan fingerprint density at radius 1 is 1.54 bits per heavy atom. The minimum Gasteiger partial charge on any atom is -0.486 e. The van der Waals surface area contributed by atoms with Gasteiger partial charge in [-0.05, 0) is 7.05 Å². The molecule has 0 aromatic carbocycles. The van der Waals surface area contributed by atoms with Gasteiger partial charge in [0.25, 0.3) is 0 Å². The lowest BCUT2D eigenvalue weighted by Crippen LogP contribution is -2.51. The summed E-state index contributed by atoms with van der Waals surface area (Å²) in [6, 6.07) is 1.35. The number of pyridine rings is 1. The Labute approximate surface area is 76.1 Å². The van der Waals surface area contributed by atoms with Gasteiger partial charge in [-0.15, -0.1) is 0 Å². The summed E-state index contributed by atoms with van der Waals surface area (Å²) in [6.07, 6.45) is 2.88. The average molecular weight is 182 g/mol. The molecule has 70 valence electrons. The molecular weight excluding hydrogens is 171 g/mol. The van der Waals surface area contributed by atoms with Crippen molar-refractivity contribution >= 4 is 0 Å². The molecule has 0 N–H and O–H groups in total. The number of likely N-dealkylation sites (tertiary alicyclic amines) is 1. The van der Waals surface area contributed by atoms with E-state index in [1.165, 1.54) is 18.5 Å². The highest BCUT2D eigenvalue weighted by molar-refractivity contribution is 5.17. The van der Waals surface area contributed by atoms with Crippen LogP contribution in [-0.2, 0) is 0 Å². The van der Waals surface area contributed by atoms with E-state index in [4.69, 9.17) is 4.74 Å². The van der Waals surface area contributed by atoms with Crippen molar-refractivity contribution in [2.24, 2.45) is 0 Å². The molecule has 1 aromatic heterocycles. The minimum absolute atomic E-state index is 0.189. The van der Waals surface area contributed by atoms with Crippen molar-refractivity contribution in [2.75, 3.05) is 20.1 Å². The smallest absolute Gasteiger partial charge is 0.145 e. The third kappa shape index (κ3) is 1.95. The van der Waals surface area contributed by atoms with Crippen LogP contribution in [0.5, 0.6) is 5.75 Å². The quantitative estimate of drug-likeness (QED) is 0.680. The zero-order valence-corrected chi connectivity index (χ0v) is 7.40. The summed E-state index contributed by atoms with van der Waals surface area (Å²) in [7, 11) is 2.02. The summed E-state index contributed by atoms with van der Waals surface area (Å²) in [4.78, 5) is 5.84. The van der Waals surface area contributed by atoms with Gasteiger partial charge in [0.2, 0.25) is 0 Å². The van der Waals surface area contributed by atoms with Gasteiger partial charge in [-0.25, -0.2) is 4.39 Å². The summed E-state index contributed by atoms with van der Waals surface area (Å²) in [5.74, 6) is 0.156. The first-order valence-corrected chi connectivity index (χ1v) is 4.20. The second kappa shape index (κ2) is 3.30. The maximum Gasteiger partial charge on any atom is 0.145 e. The van der Waals surface area contributed by atoms with Crippen LogP contribution in [0.4, 0.5) is 4.39 Å². The Bertz CT molecular complexity index is 299. The lowest BCUT2D eigenvalue weighted by Gasteiger charge is -2.35. The van der Waals surface area contributed by atoms with Crippen LogP contribution in [0.3, 0.4) is 0 Å². The maximum absolute atomic E-state index is 12.7. The first-order chi connectivity index (χ1) is 6.24. The molecule has 3 nitrogen and oxygen atoms in total. The molecular formula is C9H11FN2O. The normalized spacial score (nSPS) is 18.3. The fraction of sp³-hybridized carbons (Fsp3) is 0.444. The molecule has 0 spiro atoms. The van der Waals surface area contributed by atoms with Gasteiger partial charge in [0.15, 0.2) is 0 Å². The number of rotatable bonds is 2. The maximum atomic E-state index is 12.7. The van der Waals surface area contributed by atoms with Gasteiger partial charge < -0.3 is 4.74 Å². The van der Waals surface area contributed by atoms with E-state index >= 15 is 0 Å². The lowest BCUT2D eigenvalue weighted by molar-refractivity contribution is 0.0383. The van der Waals surface area contributed by atoms with Gasteiger partial charge in [-0.3, -0.25) is 9.88 Å². The van der Waals surface area contributed by atoms with Crippen LogP contribution < -0.4 is 4.74 Å². The van der Waals surface area contributed by atoms with Crippen molar-refractivity contribution in [1.82, 2.24) is 9.88 Å². The van der Waals surface area contributed by atoms with Crippen LogP contribution in [-0.4, -0.2) is 36.1 Å². The van der Waals surface area contributed by atoms with Crippen LogP contribution in [0.1, 0.15) is 0 Å². The molecule has 0 saturated carbocycles. The number of nitrogens with zero attached hydrogens (tertiary/aromatic N) is 2. The summed E-state index contributed by atoms with van der Waals surface area (Å²) in [5, 5.41) is 0. The molecule has 0 bridgehead atoms. The van der Waals surface area contributed by atoms with E-state index in [1.54, 1.807) is 0 Å². The number of hydrogen-bond acceptors (Lipinski definition) is 3. The zero-order chi connectivity index (χ0) is 9.26. The SMILES string of the molecule is CN1CC(Oc2cncc(F)c2)C1. The van der Waals surface area contributed by atoms with E-state index in [2.05, 4.69) is 9.88 Å². The number of ether oxygens (including phenoxy) is 1. The summed E-state index contributed by atoms with van der Waals surface area (Å²) in [6.45, 7) is 1.80. The predicted molar refractivity (Wildman–Crippen MR) is 46.1 cm³/mol. The van der Waals surface area contributed by atoms with E-state index in [9.17, 15) is 4.39 Å². The number of aromatic nitrogens is 1. The van der Waals surface area contributed by atoms with Gasteiger partial charge >= 0.3 is 0 Å². The van der Waals surface area contributed by atoms with E-state index in [1.807, 2.05) is 7.05 Å². The highest BCUT2D eigenvalue weighted by Gasteiger charge is 2.24. The van der Waals surface area contributed by atoms with E-state index in [0.717, 1.165) is 13.1 Å². The summed E-state index contributed by atoms with van der Waals surface area (Å²) in [5.41, 5.74) is 0. The molecule has 0 unspecified atom stereocenters. The molecule has 0 amide bonds. The molecule has 1 aliphatic heterocycles. The number of halogens is 1. The van der Waals surface area contributed by atoms with E-state index in [-0.39, 0.29) is 11.9 Å². The van der Waals surface area contributed by atoms with Crippen LogP contribution in [0.2, 0.25) is 0 Å². The van der Waals surface area contributed by atoms with Gasteiger partial charge in [-0.2, -0.15) is 0 Å². The van der Waals surface area contributed by atoms with Crippen molar-refractivity contribution in [3.8, 4) is 5.75 Å². The highest BCUT2D eigenvalue weighted by Crippen LogP contribution is 2.16. The van der Waals surface area contributed by atoms with Crippen molar-refractivity contribution in [2.45, 2.75) is 6.10 Å². The fourth-order valence-corrected chi connectivity index (χ4v) is 1.37. The molecule has 0 radical (unpaired) electrons. The first-order valence-electron chi connectivity index (χ1n) is 4.20. The summed E-state index contributed by atoms with van der Waals surface area (Å²) >= 11 is 0. The Kier molecular flexibility index (Phi) is 2.14. The van der Waals surface area contributed by atoms with Gasteiger partial charge in [-0.1, -0.05) is 0 Å². The number of hydrogen-bond donors (Lipinski definition) is 0. The Balaban J connectivity index is 1.94. The van der Waals surface area contributed by atoms with Crippen LogP contribution in [0.25, 0.3) is 0 Å². The Hall–Kier alpha value is -1.16. The van der Waals surface area contributed by atoms with Gasteiger partial charge in [0.1, 0.15) is 17.7 Å². The largest absolute Gasteiger partial charge is 0.486 e. The highest BCUT2D eigenvalue weighted by atomic mass is 19.1. The summed E-state index contributed by atoms with van der Waals surface area (Å²) < 4.78 is 18.1. The molecule has 1 aliphatic rings. The minimum atomic E-state index is -0.356. The second-order valence-electron chi connectivity index (χ2n) is 3.30. The molecule has 0 atom stereocenters. The van der Waals surface area contributed by atoms with Crippen molar-refractivity contribution < 1.29 is 9.13 Å². The van der Waals surface area contributed by atoms with Crippen molar-refractivity contribution in [3.05, 3.63) is 24.3 Å². The Morgan fingerprint density at radius 3 is 2.92 bits per heavy atom. The fourth-order valence-electron chi connectivity index (χ4n) is 1.37. The molecule has 0 aliphatic carbocycles. The van der Waals surface area contributed by atoms with Crippen molar-refractivity contribution in [3.63, 3.8) is 0 Å². The van der Waals surface area contributed by atoms with Gasteiger partial charge in [0.05, 0.1) is 12.4 Å². The third-order valence-electron chi connectivity index (χ3n) is 2.01. The third-order valence-corrected chi connectivity index (χ3v) is 2.01. The van der Waals surface area contributed by atoms with E-state index < -0.39 is 0 Å². The lowest BCUT2D eigenvalue weighted by atomic mass is 10.2. The van der Waals surface area contributed by atoms with Crippen LogP contribution in [0, 0.1) is 5.82 Å². The van der Waals surface area contributed by atoms with Crippen molar-refractivity contribution in [1.29, 1.82) is 0 Å². The first kappa shape index (κ1) is 8.44. The van der Waals surface area contributed by atoms with Crippen LogP contribution in [0.15, 0.2) is 18.5 Å². The monoisotopic (exact) mass is 182 g/mol. The predicted octanol–water partition coefficient (Wildman–Crippen LogP) is 0.913.